The smallest absolute Gasteiger partial charge is 0.322 e. The third kappa shape index (κ3) is 4.71. The van der Waals surface area contributed by atoms with E-state index in [4.69, 9.17) is 14.2 Å². The Bertz CT molecular complexity index is 765. The van der Waals surface area contributed by atoms with E-state index in [0.717, 1.165) is 24.3 Å². The summed E-state index contributed by atoms with van der Waals surface area (Å²) in [5.41, 5.74) is 1.74. The molecular formula is C21H26N2O4. The molecule has 0 radical (unpaired) electrons. The summed E-state index contributed by atoms with van der Waals surface area (Å²) >= 11 is 0. The van der Waals surface area contributed by atoms with Crippen LogP contribution < -0.4 is 14.8 Å². The summed E-state index contributed by atoms with van der Waals surface area (Å²) in [6.07, 6.45) is 0.938. The molecule has 0 aromatic heterocycles. The fourth-order valence-corrected chi connectivity index (χ4v) is 3.06. The first-order valence-corrected chi connectivity index (χ1v) is 9.24. The number of ether oxygens (including phenoxy) is 3. The zero-order valence-electron chi connectivity index (χ0n) is 15.8. The van der Waals surface area contributed by atoms with Crippen molar-refractivity contribution >= 4 is 11.7 Å². The van der Waals surface area contributed by atoms with Crippen molar-refractivity contribution in [3.8, 4) is 11.5 Å². The number of likely N-dealkylation sites (tertiary alicyclic amines) is 1. The van der Waals surface area contributed by atoms with Crippen LogP contribution in [0.3, 0.4) is 0 Å². The van der Waals surface area contributed by atoms with E-state index in [0.29, 0.717) is 31.3 Å². The minimum Gasteiger partial charge on any atom is -0.497 e. The van der Waals surface area contributed by atoms with Crippen molar-refractivity contribution in [2.24, 2.45) is 0 Å². The van der Waals surface area contributed by atoms with Crippen LogP contribution in [-0.2, 0) is 4.74 Å². The normalized spacial score (nSPS) is 15.8. The molecule has 0 saturated carbocycles. The number of hydrogen-bond acceptors (Lipinski definition) is 4. The lowest BCUT2D eigenvalue weighted by atomic mass is 9.95. The first kappa shape index (κ1) is 19.0. The van der Waals surface area contributed by atoms with Gasteiger partial charge in [0, 0.05) is 13.2 Å². The van der Waals surface area contributed by atoms with Gasteiger partial charge in [0.15, 0.2) is 0 Å². The highest BCUT2D eigenvalue weighted by Crippen LogP contribution is 2.35. The fraction of sp³-hybridized carbons (Fsp3) is 0.381. The summed E-state index contributed by atoms with van der Waals surface area (Å²) in [4.78, 5) is 14.6. The molecule has 2 amide bonds. The maximum atomic E-state index is 12.8. The van der Waals surface area contributed by atoms with E-state index >= 15 is 0 Å². The lowest BCUT2D eigenvalue weighted by molar-refractivity contribution is 0.110. The minimum absolute atomic E-state index is 0.0612. The van der Waals surface area contributed by atoms with Gasteiger partial charge in [-0.25, -0.2) is 4.79 Å². The van der Waals surface area contributed by atoms with Crippen LogP contribution in [0.4, 0.5) is 10.5 Å². The van der Waals surface area contributed by atoms with Crippen LogP contribution in [0.5, 0.6) is 11.5 Å². The second-order valence-electron chi connectivity index (χ2n) is 6.25. The Balaban J connectivity index is 1.63. The Labute approximate surface area is 160 Å². The van der Waals surface area contributed by atoms with Crippen molar-refractivity contribution in [2.75, 3.05) is 38.8 Å². The largest absolute Gasteiger partial charge is 0.497 e. The van der Waals surface area contributed by atoms with Crippen LogP contribution in [0.2, 0.25) is 0 Å². The number of nitrogens with zero attached hydrogens (tertiary/aromatic N) is 1. The number of amides is 2. The average molecular weight is 370 g/mol. The maximum absolute atomic E-state index is 12.8. The molecule has 0 bridgehead atoms. The third-order valence-electron chi connectivity index (χ3n) is 4.58. The quantitative estimate of drug-likeness (QED) is 0.711. The van der Waals surface area contributed by atoms with E-state index in [1.165, 1.54) is 0 Å². The van der Waals surface area contributed by atoms with E-state index < -0.39 is 0 Å². The van der Waals surface area contributed by atoms with Crippen molar-refractivity contribution < 1.29 is 19.0 Å². The number of carbonyl (C=O) groups is 1. The van der Waals surface area contributed by atoms with Crippen LogP contribution in [0.15, 0.2) is 48.5 Å². The predicted octanol–water partition coefficient (Wildman–Crippen LogP) is 4.09. The molecule has 0 unspecified atom stereocenters. The number of hydrogen-bond donors (Lipinski definition) is 1. The monoisotopic (exact) mass is 370 g/mol. The molecule has 2 aromatic carbocycles. The van der Waals surface area contributed by atoms with Gasteiger partial charge >= 0.3 is 6.03 Å². The van der Waals surface area contributed by atoms with Gasteiger partial charge in [-0.15, -0.1) is 0 Å². The van der Waals surface area contributed by atoms with E-state index in [-0.39, 0.29) is 12.1 Å². The van der Waals surface area contributed by atoms with E-state index in [9.17, 15) is 4.79 Å². The minimum atomic E-state index is -0.130. The Hall–Kier alpha value is -2.73. The molecule has 1 atom stereocenters. The average Bonchev–Trinajstić information content (AvgIpc) is 2.65. The molecule has 144 valence electrons. The first-order chi connectivity index (χ1) is 13.2. The third-order valence-corrected chi connectivity index (χ3v) is 4.58. The zero-order chi connectivity index (χ0) is 19.1. The van der Waals surface area contributed by atoms with Gasteiger partial charge in [0.25, 0.3) is 0 Å². The van der Waals surface area contributed by atoms with Gasteiger partial charge < -0.3 is 24.4 Å². The number of urea groups is 1. The molecule has 1 saturated heterocycles. The molecule has 1 aliphatic rings. The molecule has 6 heteroatoms. The molecule has 0 spiro atoms. The maximum Gasteiger partial charge on any atom is 0.322 e. The van der Waals surface area contributed by atoms with E-state index in [2.05, 4.69) is 5.32 Å². The highest BCUT2D eigenvalue weighted by molar-refractivity contribution is 5.91. The van der Waals surface area contributed by atoms with E-state index in [1.807, 2.05) is 60.4 Å². The highest BCUT2D eigenvalue weighted by atomic mass is 16.5. The first-order valence-electron chi connectivity index (χ1n) is 9.24. The summed E-state index contributed by atoms with van der Waals surface area (Å²) in [5, 5.41) is 2.97. The SMILES string of the molecule is CCOCCOc1ccccc1NC(=O)N1CC[C@H]1c1cccc(OC)c1. The Kier molecular flexibility index (Phi) is 6.54. The predicted molar refractivity (Wildman–Crippen MR) is 105 cm³/mol. The molecule has 2 aromatic rings. The van der Waals surface area contributed by atoms with Gasteiger partial charge in [-0.1, -0.05) is 24.3 Å². The van der Waals surface area contributed by atoms with Crippen LogP contribution >= 0.6 is 0 Å². The van der Waals surface area contributed by atoms with Gasteiger partial charge in [0.2, 0.25) is 0 Å². The van der Waals surface area contributed by atoms with Crippen LogP contribution in [-0.4, -0.2) is 44.4 Å². The number of carbonyl (C=O) groups excluding carboxylic acids is 1. The molecule has 1 N–H and O–H groups in total. The second kappa shape index (κ2) is 9.28. The Morgan fingerprint density at radius 1 is 1.19 bits per heavy atom. The van der Waals surface area contributed by atoms with Crippen LogP contribution in [0, 0.1) is 0 Å². The Morgan fingerprint density at radius 2 is 2.04 bits per heavy atom. The molecular weight excluding hydrogens is 344 g/mol. The fourth-order valence-electron chi connectivity index (χ4n) is 3.06. The molecule has 3 rings (SSSR count). The molecule has 6 nitrogen and oxygen atoms in total. The molecule has 1 heterocycles. The standard InChI is InChI=1S/C21H26N2O4/c1-3-26-13-14-27-20-10-5-4-9-18(20)22-21(24)23-12-11-19(23)16-7-6-8-17(15-16)25-2/h4-10,15,19H,3,11-14H2,1-2H3,(H,22,24)/t19-/m0/s1. The van der Waals surface area contributed by atoms with Gasteiger partial charge in [0.05, 0.1) is 25.4 Å². The number of rotatable bonds is 8. The molecule has 27 heavy (non-hydrogen) atoms. The van der Waals surface area contributed by atoms with Crippen molar-refractivity contribution in [3.05, 3.63) is 54.1 Å². The van der Waals surface area contributed by atoms with Crippen molar-refractivity contribution in [1.82, 2.24) is 4.90 Å². The number of benzene rings is 2. The molecule has 1 fully saturated rings. The number of anilines is 1. The van der Waals surface area contributed by atoms with Gasteiger partial charge in [0.1, 0.15) is 18.1 Å². The number of para-hydroxylation sites is 2. The second-order valence-corrected chi connectivity index (χ2v) is 6.25. The van der Waals surface area contributed by atoms with Crippen molar-refractivity contribution in [2.45, 2.75) is 19.4 Å². The van der Waals surface area contributed by atoms with Gasteiger partial charge in [-0.3, -0.25) is 0 Å². The summed E-state index contributed by atoms with van der Waals surface area (Å²) in [5.74, 6) is 1.44. The van der Waals surface area contributed by atoms with E-state index in [1.54, 1.807) is 7.11 Å². The summed E-state index contributed by atoms with van der Waals surface area (Å²) in [7, 11) is 1.65. The van der Waals surface area contributed by atoms with Crippen molar-refractivity contribution in [3.63, 3.8) is 0 Å². The van der Waals surface area contributed by atoms with Crippen LogP contribution in [0.25, 0.3) is 0 Å². The molecule has 1 aliphatic heterocycles. The number of methoxy groups -OCH3 is 1. The van der Waals surface area contributed by atoms with Gasteiger partial charge in [-0.05, 0) is 43.2 Å². The van der Waals surface area contributed by atoms with Crippen molar-refractivity contribution in [1.29, 1.82) is 0 Å². The molecule has 0 aliphatic carbocycles. The lowest BCUT2D eigenvalue weighted by Crippen LogP contribution is -2.47. The summed E-state index contributed by atoms with van der Waals surface area (Å²) < 4.78 is 16.3. The zero-order valence-corrected chi connectivity index (χ0v) is 15.8. The highest BCUT2D eigenvalue weighted by Gasteiger charge is 2.33. The van der Waals surface area contributed by atoms with Crippen LogP contribution in [0.1, 0.15) is 24.9 Å². The van der Waals surface area contributed by atoms with Gasteiger partial charge in [-0.2, -0.15) is 0 Å². The lowest BCUT2D eigenvalue weighted by Gasteiger charge is -2.41. The number of nitrogens with one attached hydrogen (secondary N) is 1. The Morgan fingerprint density at radius 3 is 2.78 bits per heavy atom. The topological polar surface area (TPSA) is 60.0 Å². The summed E-state index contributed by atoms with van der Waals surface area (Å²) in [6.45, 7) is 4.28. The summed E-state index contributed by atoms with van der Waals surface area (Å²) in [6, 6.07) is 15.2.